The zero-order valence-electron chi connectivity index (χ0n) is 7.19. The summed E-state index contributed by atoms with van der Waals surface area (Å²) in [5.74, 6) is 0.753. The first-order chi connectivity index (χ1) is 4.93. The molecule has 0 radical (unpaired) electrons. The van der Waals surface area contributed by atoms with Gasteiger partial charge in [-0.2, -0.15) is 0 Å². The lowest BCUT2D eigenvalue weighted by Crippen LogP contribution is -2.33. The average Bonchev–Trinajstić information content (AvgIpc) is 2.10. The van der Waals surface area contributed by atoms with E-state index in [9.17, 15) is 0 Å². The lowest BCUT2D eigenvalue weighted by Gasteiger charge is -2.20. The molecular formula is C8H20N2. The first-order valence-corrected chi connectivity index (χ1v) is 4.34. The molecule has 1 aliphatic rings. The Labute approximate surface area is 64.2 Å². The van der Waals surface area contributed by atoms with E-state index in [-0.39, 0.29) is 0 Å². The van der Waals surface area contributed by atoms with Gasteiger partial charge in [0.05, 0.1) is 0 Å². The Morgan fingerprint density at radius 2 is 2.20 bits per heavy atom. The lowest BCUT2D eigenvalue weighted by molar-refractivity contribution is 0.385. The molecule has 1 unspecified atom stereocenters. The molecule has 0 amide bonds. The lowest BCUT2D eigenvalue weighted by atomic mass is 10.0. The van der Waals surface area contributed by atoms with Crippen LogP contribution in [0.5, 0.6) is 0 Å². The minimum absolute atomic E-state index is 0.753. The van der Waals surface area contributed by atoms with E-state index in [0.29, 0.717) is 0 Å². The molecular weight excluding hydrogens is 124 g/mol. The molecule has 10 heavy (non-hydrogen) atoms. The molecule has 3 N–H and O–H groups in total. The van der Waals surface area contributed by atoms with E-state index < -0.39 is 0 Å². The second kappa shape index (κ2) is 7.03. The van der Waals surface area contributed by atoms with Crippen molar-refractivity contribution in [3.05, 3.63) is 0 Å². The van der Waals surface area contributed by atoms with Crippen LogP contribution in [-0.4, -0.2) is 19.6 Å². The monoisotopic (exact) mass is 144 g/mol. The van der Waals surface area contributed by atoms with Crippen LogP contribution in [-0.2, 0) is 0 Å². The number of hydrogen-bond acceptors (Lipinski definition) is 2. The second-order valence-corrected chi connectivity index (χ2v) is 2.45. The van der Waals surface area contributed by atoms with E-state index in [1.165, 1.54) is 19.4 Å². The van der Waals surface area contributed by atoms with E-state index in [2.05, 4.69) is 5.32 Å². The van der Waals surface area contributed by atoms with Gasteiger partial charge >= 0.3 is 0 Å². The fraction of sp³-hybridized carbons (Fsp3) is 1.00. The second-order valence-electron chi connectivity index (χ2n) is 2.45. The highest BCUT2D eigenvalue weighted by Crippen LogP contribution is 2.06. The summed E-state index contributed by atoms with van der Waals surface area (Å²) in [6, 6.07) is 0. The predicted octanol–water partition coefficient (Wildman–Crippen LogP) is 0.971. The third-order valence-corrected chi connectivity index (χ3v) is 1.73. The summed E-state index contributed by atoms with van der Waals surface area (Å²) in [7, 11) is 0. The minimum atomic E-state index is 0.753. The fourth-order valence-electron chi connectivity index (χ4n) is 1.13. The van der Waals surface area contributed by atoms with E-state index in [1.54, 1.807) is 0 Å². The van der Waals surface area contributed by atoms with Gasteiger partial charge in [0, 0.05) is 0 Å². The largest absolute Gasteiger partial charge is 0.330 e. The minimum Gasteiger partial charge on any atom is -0.330 e. The van der Waals surface area contributed by atoms with Crippen LogP contribution >= 0.6 is 0 Å². The zero-order valence-corrected chi connectivity index (χ0v) is 7.19. The SMILES string of the molecule is CC.NCC1CCCNC1. The highest BCUT2D eigenvalue weighted by Gasteiger charge is 2.09. The Balaban J connectivity index is 0.000000371. The van der Waals surface area contributed by atoms with Gasteiger partial charge in [-0.25, -0.2) is 0 Å². The average molecular weight is 144 g/mol. The highest BCUT2D eigenvalue weighted by atomic mass is 14.9. The Morgan fingerprint density at radius 3 is 2.50 bits per heavy atom. The quantitative estimate of drug-likeness (QED) is 0.575. The van der Waals surface area contributed by atoms with E-state index in [1.807, 2.05) is 13.8 Å². The molecule has 0 aromatic carbocycles. The molecule has 2 nitrogen and oxygen atoms in total. The van der Waals surface area contributed by atoms with Gasteiger partial charge in [0.15, 0.2) is 0 Å². The summed E-state index contributed by atoms with van der Waals surface area (Å²) in [5, 5.41) is 3.31. The molecule has 1 fully saturated rings. The number of nitrogens with one attached hydrogen (secondary N) is 1. The molecule has 2 heteroatoms. The summed E-state index contributed by atoms with van der Waals surface area (Å²) in [6.07, 6.45) is 2.63. The topological polar surface area (TPSA) is 38.0 Å². The van der Waals surface area contributed by atoms with Crippen molar-refractivity contribution in [2.75, 3.05) is 19.6 Å². The first kappa shape index (κ1) is 9.92. The number of rotatable bonds is 1. The van der Waals surface area contributed by atoms with Gasteiger partial charge in [0.25, 0.3) is 0 Å². The molecule has 1 heterocycles. The molecule has 1 saturated heterocycles. The summed E-state index contributed by atoms with van der Waals surface area (Å²) < 4.78 is 0. The van der Waals surface area contributed by atoms with Crippen molar-refractivity contribution in [3.63, 3.8) is 0 Å². The van der Waals surface area contributed by atoms with Crippen LogP contribution < -0.4 is 11.1 Å². The van der Waals surface area contributed by atoms with Crippen LogP contribution in [0.15, 0.2) is 0 Å². The fourth-order valence-corrected chi connectivity index (χ4v) is 1.13. The third kappa shape index (κ3) is 3.85. The summed E-state index contributed by atoms with van der Waals surface area (Å²) in [6.45, 7) is 7.18. The number of hydrogen-bond donors (Lipinski definition) is 2. The molecule has 1 rings (SSSR count). The number of nitrogens with two attached hydrogens (primary N) is 1. The van der Waals surface area contributed by atoms with Crippen molar-refractivity contribution in [2.24, 2.45) is 11.7 Å². The van der Waals surface area contributed by atoms with Crippen molar-refractivity contribution >= 4 is 0 Å². The maximum atomic E-state index is 5.46. The standard InChI is InChI=1S/C6H14N2.C2H6/c7-4-6-2-1-3-8-5-6;1-2/h6,8H,1-5,7H2;1-2H3. The molecule has 1 atom stereocenters. The Kier molecular flexibility index (Phi) is 6.98. The molecule has 0 aromatic heterocycles. The van der Waals surface area contributed by atoms with Crippen LogP contribution in [0.1, 0.15) is 26.7 Å². The summed E-state index contributed by atoms with van der Waals surface area (Å²) in [5.41, 5.74) is 5.46. The molecule has 0 spiro atoms. The first-order valence-electron chi connectivity index (χ1n) is 4.34. The van der Waals surface area contributed by atoms with Crippen LogP contribution in [0.3, 0.4) is 0 Å². The molecule has 0 aliphatic carbocycles. The van der Waals surface area contributed by atoms with Crippen molar-refractivity contribution in [2.45, 2.75) is 26.7 Å². The molecule has 0 bridgehead atoms. The van der Waals surface area contributed by atoms with Gasteiger partial charge < -0.3 is 11.1 Å². The zero-order chi connectivity index (χ0) is 7.82. The smallest absolute Gasteiger partial charge is 0.000845 e. The Hall–Kier alpha value is -0.0800. The van der Waals surface area contributed by atoms with Gasteiger partial charge in [-0.3, -0.25) is 0 Å². The van der Waals surface area contributed by atoms with Crippen molar-refractivity contribution in [1.29, 1.82) is 0 Å². The normalized spacial score (nSPS) is 24.9. The summed E-state index contributed by atoms with van der Waals surface area (Å²) >= 11 is 0. The molecule has 62 valence electrons. The highest BCUT2D eigenvalue weighted by molar-refractivity contribution is 4.68. The van der Waals surface area contributed by atoms with E-state index in [4.69, 9.17) is 5.73 Å². The molecule has 0 saturated carbocycles. The van der Waals surface area contributed by atoms with Crippen molar-refractivity contribution in [3.8, 4) is 0 Å². The van der Waals surface area contributed by atoms with Gasteiger partial charge in [0.2, 0.25) is 0 Å². The van der Waals surface area contributed by atoms with Crippen molar-refractivity contribution < 1.29 is 0 Å². The van der Waals surface area contributed by atoms with Gasteiger partial charge in [0.1, 0.15) is 0 Å². The van der Waals surface area contributed by atoms with E-state index in [0.717, 1.165) is 19.0 Å². The maximum Gasteiger partial charge on any atom is -0.000845 e. The van der Waals surface area contributed by atoms with Crippen molar-refractivity contribution in [1.82, 2.24) is 5.32 Å². The third-order valence-electron chi connectivity index (χ3n) is 1.73. The number of piperidine rings is 1. The molecule has 1 aliphatic heterocycles. The van der Waals surface area contributed by atoms with Crippen LogP contribution in [0.25, 0.3) is 0 Å². The van der Waals surface area contributed by atoms with Crippen LogP contribution in [0, 0.1) is 5.92 Å². The summed E-state index contributed by atoms with van der Waals surface area (Å²) in [4.78, 5) is 0. The Bertz CT molecular complexity index is 58.3. The Morgan fingerprint density at radius 1 is 1.50 bits per heavy atom. The molecule has 0 aromatic rings. The van der Waals surface area contributed by atoms with Crippen LogP contribution in [0.4, 0.5) is 0 Å². The van der Waals surface area contributed by atoms with Gasteiger partial charge in [-0.05, 0) is 38.4 Å². The van der Waals surface area contributed by atoms with Gasteiger partial charge in [-0.1, -0.05) is 13.8 Å². The maximum absolute atomic E-state index is 5.46. The predicted molar refractivity (Wildman–Crippen MR) is 46.0 cm³/mol. The van der Waals surface area contributed by atoms with Gasteiger partial charge in [-0.15, -0.1) is 0 Å². The van der Waals surface area contributed by atoms with Crippen LogP contribution in [0.2, 0.25) is 0 Å². The van der Waals surface area contributed by atoms with E-state index >= 15 is 0 Å².